The van der Waals surface area contributed by atoms with Gasteiger partial charge >= 0.3 is 0 Å². The molecule has 0 spiro atoms. The van der Waals surface area contributed by atoms with Gasteiger partial charge in [0.25, 0.3) is 5.91 Å². The van der Waals surface area contributed by atoms with Crippen molar-refractivity contribution in [3.63, 3.8) is 0 Å². The van der Waals surface area contributed by atoms with E-state index in [2.05, 4.69) is 4.98 Å². The van der Waals surface area contributed by atoms with Crippen LogP contribution in [-0.4, -0.2) is 46.2 Å². The highest BCUT2D eigenvalue weighted by Gasteiger charge is 2.54. The summed E-state index contributed by atoms with van der Waals surface area (Å²) in [5, 5.41) is 0.803. The Hall–Kier alpha value is -2.37. The molecule has 1 saturated heterocycles. The molecular formula is C19H22FN3O2. The molecule has 2 aliphatic heterocycles. The van der Waals surface area contributed by atoms with E-state index in [0.717, 1.165) is 22.2 Å². The Morgan fingerprint density at radius 2 is 2.08 bits per heavy atom. The van der Waals surface area contributed by atoms with Crippen molar-refractivity contribution in [1.29, 1.82) is 0 Å². The van der Waals surface area contributed by atoms with E-state index in [1.807, 2.05) is 20.8 Å². The Bertz CT molecular complexity index is 888. The SMILES string of the molecule is CC(C)CN1CC(=O)N2CCc3c([nH]c4ccc(F)cc34)C2(C)C1=O. The molecule has 1 atom stereocenters. The van der Waals surface area contributed by atoms with E-state index in [1.165, 1.54) is 12.1 Å². The Balaban J connectivity index is 1.89. The van der Waals surface area contributed by atoms with Crippen LogP contribution in [0.2, 0.25) is 0 Å². The number of aromatic nitrogens is 1. The minimum absolute atomic E-state index is 0.0294. The Kier molecular flexibility index (Phi) is 3.42. The van der Waals surface area contributed by atoms with Crippen molar-refractivity contribution in [2.45, 2.75) is 32.7 Å². The van der Waals surface area contributed by atoms with Crippen molar-refractivity contribution in [2.75, 3.05) is 19.6 Å². The van der Waals surface area contributed by atoms with Crippen LogP contribution in [0.1, 0.15) is 32.0 Å². The van der Waals surface area contributed by atoms with Gasteiger partial charge in [-0.2, -0.15) is 0 Å². The van der Waals surface area contributed by atoms with Crippen LogP contribution in [0.25, 0.3) is 10.9 Å². The van der Waals surface area contributed by atoms with E-state index >= 15 is 0 Å². The molecule has 1 fully saturated rings. The average Bonchev–Trinajstić information content (AvgIpc) is 2.91. The summed E-state index contributed by atoms with van der Waals surface area (Å²) in [5.74, 6) is -0.104. The van der Waals surface area contributed by atoms with Crippen LogP contribution in [0.5, 0.6) is 0 Å². The first-order chi connectivity index (χ1) is 11.8. The number of carbonyl (C=O) groups is 2. The van der Waals surface area contributed by atoms with Gasteiger partial charge in [0.15, 0.2) is 5.54 Å². The maximum absolute atomic E-state index is 13.7. The van der Waals surface area contributed by atoms with Crippen LogP contribution in [-0.2, 0) is 21.5 Å². The minimum atomic E-state index is -1.05. The first-order valence-electron chi connectivity index (χ1n) is 8.72. The lowest BCUT2D eigenvalue weighted by molar-refractivity contribution is -0.166. The number of rotatable bonds is 2. The number of halogens is 1. The molecule has 1 aromatic carbocycles. The van der Waals surface area contributed by atoms with Gasteiger partial charge in [0.2, 0.25) is 5.91 Å². The molecular weight excluding hydrogens is 321 g/mol. The van der Waals surface area contributed by atoms with E-state index in [4.69, 9.17) is 0 Å². The number of amides is 2. The van der Waals surface area contributed by atoms with E-state index < -0.39 is 5.54 Å². The molecule has 0 bridgehead atoms. The van der Waals surface area contributed by atoms with E-state index in [9.17, 15) is 14.0 Å². The molecule has 1 unspecified atom stereocenters. The van der Waals surface area contributed by atoms with Crippen LogP contribution < -0.4 is 0 Å². The minimum Gasteiger partial charge on any atom is -0.356 e. The molecule has 0 saturated carbocycles. The molecule has 4 rings (SSSR count). The average molecular weight is 343 g/mol. The van der Waals surface area contributed by atoms with Gasteiger partial charge in [-0.05, 0) is 43.0 Å². The maximum atomic E-state index is 13.7. The zero-order valence-electron chi connectivity index (χ0n) is 14.7. The monoisotopic (exact) mass is 343 g/mol. The summed E-state index contributed by atoms with van der Waals surface area (Å²) < 4.78 is 13.7. The maximum Gasteiger partial charge on any atom is 0.254 e. The summed E-state index contributed by atoms with van der Waals surface area (Å²) >= 11 is 0. The number of H-pyrrole nitrogens is 1. The van der Waals surface area contributed by atoms with Crippen LogP contribution in [0.3, 0.4) is 0 Å². The number of carbonyl (C=O) groups excluding carboxylic acids is 2. The fourth-order valence-electron chi connectivity index (χ4n) is 4.29. The normalized spacial score (nSPS) is 23.4. The fourth-order valence-corrected chi connectivity index (χ4v) is 4.29. The standard InChI is InChI=1S/C19H22FN3O2/c1-11(2)9-22-10-16(24)23-7-6-13-14-8-12(20)4-5-15(14)21-17(13)19(23,3)18(22)25/h4-5,8,11,21H,6-7,9-10H2,1-3H3. The molecule has 1 aromatic heterocycles. The zero-order chi connectivity index (χ0) is 17.9. The number of hydrogen-bond acceptors (Lipinski definition) is 2. The second-order valence-electron chi connectivity index (χ2n) is 7.62. The smallest absolute Gasteiger partial charge is 0.254 e. The third kappa shape index (κ3) is 2.19. The highest BCUT2D eigenvalue weighted by Crippen LogP contribution is 2.42. The van der Waals surface area contributed by atoms with Crippen LogP contribution >= 0.6 is 0 Å². The van der Waals surface area contributed by atoms with E-state index in [1.54, 1.807) is 15.9 Å². The predicted molar refractivity (Wildman–Crippen MR) is 92.4 cm³/mol. The molecule has 2 aliphatic rings. The molecule has 3 heterocycles. The highest BCUT2D eigenvalue weighted by atomic mass is 19.1. The van der Waals surface area contributed by atoms with Crippen LogP contribution in [0.4, 0.5) is 4.39 Å². The summed E-state index contributed by atoms with van der Waals surface area (Å²) in [7, 11) is 0. The number of nitrogens with one attached hydrogen (secondary N) is 1. The number of aromatic amines is 1. The summed E-state index contributed by atoms with van der Waals surface area (Å²) in [4.78, 5) is 32.7. The van der Waals surface area contributed by atoms with Gasteiger partial charge in [-0.25, -0.2) is 4.39 Å². The lowest BCUT2D eigenvalue weighted by Crippen LogP contribution is -2.67. The third-order valence-corrected chi connectivity index (χ3v) is 5.40. The quantitative estimate of drug-likeness (QED) is 0.910. The predicted octanol–water partition coefficient (Wildman–Crippen LogP) is 2.41. The van der Waals surface area contributed by atoms with E-state index in [0.29, 0.717) is 19.5 Å². The molecule has 6 heteroatoms. The van der Waals surface area contributed by atoms with Crippen LogP contribution in [0, 0.1) is 11.7 Å². The Morgan fingerprint density at radius 1 is 1.32 bits per heavy atom. The summed E-state index contributed by atoms with van der Waals surface area (Å²) in [6.07, 6.45) is 0.623. The highest BCUT2D eigenvalue weighted by molar-refractivity contribution is 6.00. The molecule has 1 N–H and O–H groups in total. The van der Waals surface area contributed by atoms with Crippen molar-refractivity contribution in [1.82, 2.24) is 14.8 Å². The van der Waals surface area contributed by atoms with Gasteiger partial charge in [-0.3, -0.25) is 9.59 Å². The Labute approximate surface area is 145 Å². The summed E-state index contributed by atoms with van der Waals surface area (Å²) in [5.41, 5.74) is 1.43. The second-order valence-corrected chi connectivity index (χ2v) is 7.62. The van der Waals surface area contributed by atoms with E-state index in [-0.39, 0.29) is 30.1 Å². The van der Waals surface area contributed by atoms with Gasteiger partial charge in [-0.1, -0.05) is 13.8 Å². The number of piperazine rings is 1. The number of fused-ring (bicyclic) bond motifs is 5. The van der Waals surface area contributed by atoms with Crippen molar-refractivity contribution < 1.29 is 14.0 Å². The Morgan fingerprint density at radius 3 is 2.80 bits per heavy atom. The molecule has 2 aromatic rings. The molecule has 132 valence electrons. The lowest BCUT2D eigenvalue weighted by Gasteiger charge is -2.49. The van der Waals surface area contributed by atoms with Crippen molar-refractivity contribution in [3.8, 4) is 0 Å². The number of hydrogen-bond donors (Lipinski definition) is 1. The van der Waals surface area contributed by atoms with Gasteiger partial charge in [-0.15, -0.1) is 0 Å². The van der Waals surface area contributed by atoms with Crippen molar-refractivity contribution in [3.05, 3.63) is 35.3 Å². The molecule has 0 radical (unpaired) electrons. The molecule has 5 nitrogen and oxygen atoms in total. The molecule has 25 heavy (non-hydrogen) atoms. The van der Waals surface area contributed by atoms with Gasteiger partial charge < -0.3 is 14.8 Å². The molecule has 0 aliphatic carbocycles. The summed E-state index contributed by atoms with van der Waals surface area (Å²) in [6, 6.07) is 4.60. The largest absolute Gasteiger partial charge is 0.356 e. The number of benzene rings is 1. The third-order valence-electron chi connectivity index (χ3n) is 5.40. The van der Waals surface area contributed by atoms with Gasteiger partial charge in [0, 0.05) is 24.0 Å². The fraction of sp³-hybridized carbons (Fsp3) is 0.474. The van der Waals surface area contributed by atoms with Crippen molar-refractivity contribution in [2.24, 2.45) is 5.92 Å². The second kappa shape index (κ2) is 5.31. The van der Waals surface area contributed by atoms with Gasteiger partial charge in [0.05, 0.1) is 12.2 Å². The molecule has 2 amide bonds. The van der Waals surface area contributed by atoms with Crippen LogP contribution in [0.15, 0.2) is 18.2 Å². The first kappa shape index (κ1) is 16.1. The first-order valence-corrected chi connectivity index (χ1v) is 8.72. The number of nitrogens with zero attached hydrogens (tertiary/aromatic N) is 2. The van der Waals surface area contributed by atoms with Gasteiger partial charge in [0.1, 0.15) is 5.82 Å². The topological polar surface area (TPSA) is 56.4 Å². The lowest BCUT2D eigenvalue weighted by atomic mass is 9.83. The van der Waals surface area contributed by atoms with Crippen molar-refractivity contribution >= 4 is 22.7 Å². The summed E-state index contributed by atoms with van der Waals surface area (Å²) in [6.45, 7) is 7.04. The zero-order valence-corrected chi connectivity index (χ0v) is 14.7.